The van der Waals surface area contributed by atoms with E-state index in [0.717, 1.165) is 12.3 Å². The highest BCUT2D eigenvalue weighted by atomic mass is 35.5. The highest BCUT2D eigenvalue weighted by molar-refractivity contribution is 7.85. The van der Waals surface area contributed by atoms with Crippen molar-refractivity contribution in [2.45, 2.75) is 4.90 Å². The van der Waals surface area contributed by atoms with Gasteiger partial charge in [0.2, 0.25) is 0 Å². The first-order valence-electron chi connectivity index (χ1n) is 2.87. The molecule has 1 aromatic rings. The highest BCUT2D eigenvalue weighted by Gasteiger charge is 2.08. The lowest BCUT2D eigenvalue weighted by atomic mass is 10.4. The zero-order valence-electron chi connectivity index (χ0n) is 6.21. The molecule has 13 heavy (non-hydrogen) atoms. The topological polar surface area (TPSA) is 91.0 Å². The van der Waals surface area contributed by atoms with Gasteiger partial charge in [-0.2, -0.15) is 13.7 Å². The summed E-state index contributed by atoms with van der Waals surface area (Å²) in [7, 11) is -4.20. The van der Waals surface area contributed by atoms with Crippen LogP contribution in [0, 0.1) is 11.3 Å². The van der Waals surface area contributed by atoms with E-state index in [2.05, 4.69) is 4.98 Å². The van der Waals surface area contributed by atoms with Crippen molar-refractivity contribution in [2.75, 3.05) is 0 Å². The maximum atomic E-state index is 10.5. The maximum absolute atomic E-state index is 10.5. The second-order valence-corrected chi connectivity index (χ2v) is 3.39. The normalized spacial score (nSPS) is 9.85. The summed E-state index contributed by atoms with van der Waals surface area (Å²) >= 11 is 0. The Morgan fingerprint density at radius 1 is 1.46 bits per heavy atom. The quantitative estimate of drug-likeness (QED) is 0.701. The SMILES string of the molecule is Cl.N#Cc1ccc(S(=O)(=O)O)cn1. The first kappa shape index (κ1) is 11.8. The van der Waals surface area contributed by atoms with Gasteiger partial charge in [-0.15, -0.1) is 12.4 Å². The van der Waals surface area contributed by atoms with Crippen molar-refractivity contribution < 1.29 is 13.0 Å². The standard InChI is InChI=1S/C6H4N2O3S.ClH/c7-3-5-1-2-6(4-8-5)12(9,10)11;/h1-2,4H,(H,9,10,11);1H. The summed E-state index contributed by atoms with van der Waals surface area (Å²) in [6.45, 7) is 0. The average Bonchev–Trinajstić information content (AvgIpc) is 2.03. The highest BCUT2D eigenvalue weighted by Crippen LogP contribution is 2.05. The minimum absolute atomic E-state index is 0. The van der Waals surface area contributed by atoms with Gasteiger partial charge in [0.15, 0.2) is 0 Å². The van der Waals surface area contributed by atoms with Crippen LogP contribution < -0.4 is 0 Å². The molecule has 70 valence electrons. The molecule has 1 rings (SSSR count). The summed E-state index contributed by atoms with van der Waals surface area (Å²) in [6.07, 6.45) is 0.924. The van der Waals surface area contributed by atoms with E-state index in [-0.39, 0.29) is 23.0 Å². The predicted molar refractivity (Wildman–Crippen MR) is 46.0 cm³/mol. The van der Waals surface area contributed by atoms with Gasteiger partial charge in [-0.25, -0.2) is 4.98 Å². The van der Waals surface area contributed by atoms with Gasteiger partial charge in [-0.05, 0) is 12.1 Å². The summed E-state index contributed by atoms with van der Waals surface area (Å²) in [6, 6.07) is 4.04. The summed E-state index contributed by atoms with van der Waals surface area (Å²) in [5.41, 5.74) is 0.0994. The van der Waals surface area contributed by atoms with Crippen LogP contribution in [0.15, 0.2) is 23.2 Å². The molecule has 1 aromatic heterocycles. The number of pyridine rings is 1. The molecule has 0 aliphatic carbocycles. The maximum Gasteiger partial charge on any atom is 0.296 e. The van der Waals surface area contributed by atoms with E-state index in [4.69, 9.17) is 9.81 Å². The van der Waals surface area contributed by atoms with Gasteiger partial charge in [0.1, 0.15) is 16.7 Å². The van der Waals surface area contributed by atoms with Gasteiger partial charge >= 0.3 is 0 Å². The van der Waals surface area contributed by atoms with E-state index in [1.54, 1.807) is 6.07 Å². The zero-order chi connectivity index (χ0) is 9.19. The summed E-state index contributed by atoms with van der Waals surface area (Å²) in [4.78, 5) is 3.15. The lowest BCUT2D eigenvalue weighted by Crippen LogP contribution is -1.98. The van der Waals surface area contributed by atoms with E-state index in [1.807, 2.05) is 0 Å². The Balaban J connectivity index is 0.00000144. The predicted octanol–water partition coefficient (Wildman–Crippen LogP) is 0.622. The first-order chi connectivity index (χ1) is 5.54. The minimum Gasteiger partial charge on any atom is -0.282 e. The second-order valence-electron chi connectivity index (χ2n) is 1.97. The number of halogens is 1. The molecule has 0 bridgehead atoms. The molecule has 0 amide bonds. The lowest BCUT2D eigenvalue weighted by Gasteiger charge is -1.93. The monoisotopic (exact) mass is 220 g/mol. The van der Waals surface area contributed by atoms with Gasteiger partial charge in [0.25, 0.3) is 10.1 Å². The molecule has 1 heterocycles. The third kappa shape index (κ3) is 2.99. The molecule has 1 N–H and O–H groups in total. The van der Waals surface area contributed by atoms with Gasteiger partial charge in [-0.1, -0.05) is 0 Å². The largest absolute Gasteiger partial charge is 0.296 e. The van der Waals surface area contributed by atoms with E-state index in [0.29, 0.717) is 0 Å². The molecule has 0 spiro atoms. The second kappa shape index (κ2) is 4.18. The fourth-order valence-electron chi connectivity index (χ4n) is 0.599. The first-order valence-corrected chi connectivity index (χ1v) is 4.31. The Labute approximate surface area is 81.2 Å². The van der Waals surface area contributed by atoms with Crippen molar-refractivity contribution >= 4 is 22.5 Å². The number of nitriles is 1. The molecule has 0 saturated heterocycles. The average molecular weight is 221 g/mol. The molecular weight excluding hydrogens is 216 g/mol. The molecule has 0 fully saturated rings. The van der Waals surface area contributed by atoms with Crippen LogP contribution in [-0.4, -0.2) is 18.0 Å². The van der Waals surface area contributed by atoms with Gasteiger partial charge in [-0.3, -0.25) is 4.55 Å². The summed E-state index contributed by atoms with van der Waals surface area (Å²) < 4.78 is 29.4. The van der Waals surface area contributed by atoms with Gasteiger partial charge in [0.05, 0.1) is 0 Å². The number of hydrogen-bond acceptors (Lipinski definition) is 4. The molecule has 7 heteroatoms. The Bertz CT molecular complexity index is 420. The van der Waals surface area contributed by atoms with Crippen LogP contribution in [0.2, 0.25) is 0 Å². The molecule has 0 aliphatic heterocycles. The molecule has 5 nitrogen and oxygen atoms in total. The Hall–Kier alpha value is -1.16. The Kier molecular flexibility index (Phi) is 3.81. The molecular formula is C6H5ClN2O3S. The van der Waals surface area contributed by atoms with Crippen molar-refractivity contribution in [3.63, 3.8) is 0 Å². The van der Waals surface area contributed by atoms with E-state index >= 15 is 0 Å². The summed E-state index contributed by atoms with van der Waals surface area (Å²) in [5, 5.41) is 8.31. The van der Waals surface area contributed by atoms with Gasteiger partial charge in [0, 0.05) is 6.20 Å². The minimum atomic E-state index is -4.20. The van der Waals surface area contributed by atoms with Crippen LogP contribution in [0.5, 0.6) is 0 Å². The van der Waals surface area contributed by atoms with Gasteiger partial charge < -0.3 is 0 Å². The zero-order valence-corrected chi connectivity index (χ0v) is 7.84. The third-order valence-corrected chi connectivity index (χ3v) is 1.99. The van der Waals surface area contributed by atoms with Crippen LogP contribution in [0.4, 0.5) is 0 Å². The van der Waals surface area contributed by atoms with Crippen molar-refractivity contribution in [1.29, 1.82) is 5.26 Å². The van der Waals surface area contributed by atoms with Crippen LogP contribution in [0.25, 0.3) is 0 Å². The molecule has 0 atom stereocenters. The van der Waals surface area contributed by atoms with E-state index in [1.165, 1.54) is 6.07 Å². The molecule has 0 saturated carbocycles. The Morgan fingerprint density at radius 3 is 2.38 bits per heavy atom. The van der Waals surface area contributed by atoms with Crippen molar-refractivity contribution in [1.82, 2.24) is 4.98 Å². The number of rotatable bonds is 1. The van der Waals surface area contributed by atoms with Crippen molar-refractivity contribution in [3.05, 3.63) is 24.0 Å². The fraction of sp³-hybridized carbons (Fsp3) is 0. The van der Waals surface area contributed by atoms with Crippen LogP contribution in [-0.2, 0) is 10.1 Å². The van der Waals surface area contributed by atoms with Crippen LogP contribution >= 0.6 is 12.4 Å². The van der Waals surface area contributed by atoms with Crippen LogP contribution in [0.3, 0.4) is 0 Å². The van der Waals surface area contributed by atoms with E-state index in [9.17, 15) is 8.42 Å². The van der Waals surface area contributed by atoms with Crippen molar-refractivity contribution in [3.8, 4) is 6.07 Å². The number of aromatic nitrogens is 1. The van der Waals surface area contributed by atoms with Crippen LogP contribution in [0.1, 0.15) is 5.69 Å². The lowest BCUT2D eigenvalue weighted by molar-refractivity contribution is 0.483. The molecule has 0 radical (unpaired) electrons. The third-order valence-electron chi connectivity index (χ3n) is 1.15. The number of hydrogen-bond donors (Lipinski definition) is 1. The van der Waals surface area contributed by atoms with Crippen molar-refractivity contribution in [2.24, 2.45) is 0 Å². The number of nitrogens with zero attached hydrogens (tertiary/aromatic N) is 2. The fourth-order valence-corrected chi connectivity index (χ4v) is 1.02. The Morgan fingerprint density at radius 2 is 2.08 bits per heavy atom. The molecule has 0 aliphatic rings. The smallest absolute Gasteiger partial charge is 0.282 e. The molecule has 0 unspecified atom stereocenters. The molecule has 0 aromatic carbocycles. The van der Waals surface area contributed by atoms with E-state index < -0.39 is 10.1 Å². The summed E-state index contributed by atoms with van der Waals surface area (Å²) in [5.74, 6) is 0.